The van der Waals surface area contributed by atoms with E-state index < -0.39 is 24.5 Å². The largest absolute Gasteiger partial charge is 0.452 e. The molecule has 0 saturated carbocycles. The number of thioether (sulfide) groups is 1. The zero-order valence-corrected chi connectivity index (χ0v) is 18.6. The number of carbonyl (C=O) groups is 3. The highest BCUT2D eigenvalue weighted by Gasteiger charge is 2.17. The van der Waals surface area contributed by atoms with Gasteiger partial charge >= 0.3 is 12.0 Å². The second kappa shape index (κ2) is 10.6. The molecule has 0 unspecified atom stereocenters. The number of ether oxygens (including phenoxy) is 1. The van der Waals surface area contributed by atoms with Gasteiger partial charge < -0.3 is 14.6 Å². The number of hydrogen-bond donors (Lipinski definition) is 2. The van der Waals surface area contributed by atoms with E-state index in [-0.39, 0.29) is 5.56 Å². The van der Waals surface area contributed by atoms with Gasteiger partial charge in [-0.05, 0) is 56.2 Å². The Hall–Kier alpha value is -3.66. The number of anilines is 1. The van der Waals surface area contributed by atoms with Crippen LogP contribution in [-0.2, 0) is 15.3 Å². The number of urea groups is 1. The van der Waals surface area contributed by atoms with E-state index >= 15 is 0 Å². The van der Waals surface area contributed by atoms with E-state index in [0.717, 1.165) is 11.1 Å². The molecule has 32 heavy (non-hydrogen) atoms. The standard InChI is InChI=1S/C22H22N4O5S/c1-13-6-7-16(9-14(13)2)24-22(29)25-19(27)11-30-21(28)18-5-4-8-23-20(18)32-12-17-10-15(3)31-26-17/h4-10H,11-12H2,1-3H3,(H2,24,25,27,29). The second-order valence-corrected chi connectivity index (χ2v) is 7.92. The number of rotatable bonds is 7. The number of nitrogens with zero attached hydrogens (tertiary/aromatic N) is 2. The molecule has 166 valence electrons. The molecular weight excluding hydrogens is 432 g/mol. The molecule has 10 heteroatoms. The van der Waals surface area contributed by atoms with Crippen molar-refractivity contribution in [3.05, 3.63) is 70.7 Å². The van der Waals surface area contributed by atoms with E-state index in [1.54, 1.807) is 43.5 Å². The summed E-state index contributed by atoms with van der Waals surface area (Å²) in [6, 6.07) is 9.61. The van der Waals surface area contributed by atoms with Crippen LogP contribution in [0.4, 0.5) is 10.5 Å². The number of nitrogens with one attached hydrogen (secondary N) is 2. The number of aromatic nitrogens is 2. The Morgan fingerprint density at radius 1 is 1.09 bits per heavy atom. The molecule has 2 N–H and O–H groups in total. The molecule has 0 aliphatic carbocycles. The lowest BCUT2D eigenvalue weighted by Crippen LogP contribution is -2.37. The average molecular weight is 455 g/mol. The number of imide groups is 1. The summed E-state index contributed by atoms with van der Waals surface area (Å²) in [6.07, 6.45) is 1.55. The van der Waals surface area contributed by atoms with Crippen molar-refractivity contribution in [3.63, 3.8) is 0 Å². The van der Waals surface area contributed by atoms with Crippen molar-refractivity contribution in [2.75, 3.05) is 11.9 Å². The summed E-state index contributed by atoms with van der Waals surface area (Å²) in [6.45, 7) is 5.05. The van der Waals surface area contributed by atoms with Gasteiger partial charge in [0.05, 0.1) is 11.3 Å². The molecule has 2 aromatic heterocycles. The third kappa shape index (κ3) is 6.42. The third-order valence-electron chi connectivity index (χ3n) is 4.38. The van der Waals surface area contributed by atoms with Crippen LogP contribution in [0.5, 0.6) is 0 Å². The van der Waals surface area contributed by atoms with Crippen LogP contribution in [-0.4, -0.2) is 34.7 Å². The van der Waals surface area contributed by atoms with Gasteiger partial charge in [-0.1, -0.05) is 23.0 Å². The highest BCUT2D eigenvalue weighted by Crippen LogP contribution is 2.24. The first-order valence-corrected chi connectivity index (χ1v) is 10.7. The summed E-state index contributed by atoms with van der Waals surface area (Å²) >= 11 is 1.29. The van der Waals surface area contributed by atoms with Crippen LogP contribution in [0.15, 0.2) is 52.1 Å². The molecule has 0 saturated heterocycles. The molecule has 0 fully saturated rings. The van der Waals surface area contributed by atoms with Gasteiger partial charge in [0.25, 0.3) is 5.91 Å². The molecular formula is C22H22N4O5S. The molecule has 2 heterocycles. The lowest BCUT2D eigenvalue weighted by molar-refractivity contribution is -0.123. The fourth-order valence-electron chi connectivity index (χ4n) is 2.64. The van der Waals surface area contributed by atoms with E-state index in [4.69, 9.17) is 9.26 Å². The van der Waals surface area contributed by atoms with Crippen LogP contribution >= 0.6 is 11.8 Å². The van der Waals surface area contributed by atoms with Crippen molar-refractivity contribution in [3.8, 4) is 0 Å². The van der Waals surface area contributed by atoms with Gasteiger partial charge in [-0.25, -0.2) is 14.6 Å². The van der Waals surface area contributed by atoms with E-state index in [9.17, 15) is 14.4 Å². The van der Waals surface area contributed by atoms with Gasteiger partial charge in [0.15, 0.2) is 6.61 Å². The number of esters is 1. The normalized spacial score (nSPS) is 10.5. The van der Waals surface area contributed by atoms with Gasteiger partial charge in [0.2, 0.25) is 0 Å². The molecule has 0 atom stereocenters. The number of benzene rings is 1. The van der Waals surface area contributed by atoms with E-state index in [0.29, 0.717) is 27.9 Å². The molecule has 0 radical (unpaired) electrons. The van der Waals surface area contributed by atoms with Crippen molar-refractivity contribution in [1.82, 2.24) is 15.5 Å². The van der Waals surface area contributed by atoms with Gasteiger partial charge in [0.1, 0.15) is 10.8 Å². The number of hydrogen-bond acceptors (Lipinski definition) is 8. The zero-order valence-electron chi connectivity index (χ0n) is 17.8. The molecule has 3 rings (SSSR count). The Bertz CT molecular complexity index is 1140. The lowest BCUT2D eigenvalue weighted by atomic mass is 10.1. The summed E-state index contributed by atoms with van der Waals surface area (Å²) in [5.41, 5.74) is 3.57. The first-order valence-electron chi connectivity index (χ1n) is 9.67. The summed E-state index contributed by atoms with van der Waals surface area (Å²) < 4.78 is 10.1. The van der Waals surface area contributed by atoms with E-state index in [2.05, 4.69) is 20.8 Å². The predicted molar refractivity (Wildman–Crippen MR) is 118 cm³/mol. The van der Waals surface area contributed by atoms with Crippen LogP contribution in [0.1, 0.15) is 32.9 Å². The first-order chi connectivity index (χ1) is 15.3. The monoisotopic (exact) mass is 454 g/mol. The number of amides is 3. The maximum absolute atomic E-state index is 12.4. The van der Waals surface area contributed by atoms with Crippen molar-refractivity contribution in [2.45, 2.75) is 31.6 Å². The van der Waals surface area contributed by atoms with Crippen LogP contribution in [0, 0.1) is 20.8 Å². The van der Waals surface area contributed by atoms with E-state index in [1.165, 1.54) is 11.8 Å². The molecule has 0 aliphatic heterocycles. The molecule has 3 amide bonds. The minimum Gasteiger partial charge on any atom is -0.452 e. The van der Waals surface area contributed by atoms with Crippen molar-refractivity contribution >= 4 is 35.4 Å². The number of pyridine rings is 1. The summed E-state index contributed by atoms with van der Waals surface area (Å²) in [7, 11) is 0. The lowest BCUT2D eigenvalue weighted by Gasteiger charge is -2.10. The molecule has 3 aromatic rings. The SMILES string of the molecule is Cc1cc(CSc2ncccc2C(=O)OCC(=O)NC(=O)Nc2ccc(C)c(C)c2)no1. The Kier molecular flexibility index (Phi) is 7.61. The fourth-order valence-corrected chi connectivity index (χ4v) is 3.51. The Balaban J connectivity index is 1.50. The maximum atomic E-state index is 12.4. The number of carbonyl (C=O) groups excluding carboxylic acids is 3. The Labute approximate surface area is 188 Å². The van der Waals surface area contributed by atoms with E-state index in [1.807, 2.05) is 19.9 Å². The van der Waals surface area contributed by atoms with Gasteiger partial charge in [-0.15, -0.1) is 0 Å². The highest BCUT2D eigenvalue weighted by atomic mass is 32.2. The average Bonchev–Trinajstić information content (AvgIpc) is 3.18. The van der Waals surface area contributed by atoms with Gasteiger partial charge in [0, 0.05) is 23.7 Å². The molecule has 0 aliphatic rings. The van der Waals surface area contributed by atoms with Crippen molar-refractivity contribution < 1.29 is 23.6 Å². The molecule has 1 aromatic carbocycles. The van der Waals surface area contributed by atoms with Gasteiger partial charge in [-0.3, -0.25) is 10.1 Å². The van der Waals surface area contributed by atoms with Crippen molar-refractivity contribution in [2.24, 2.45) is 0 Å². The fraction of sp³-hybridized carbons (Fsp3) is 0.227. The third-order valence-corrected chi connectivity index (χ3v) is 5.42. The van der Waals surface area contributed by atoms with Crippen LogP contribution in [0.2, 0.25) is 0 Å². The molecule has 9 nitrogen and oxygen atoms in total. The predicted octanol–water partition coefficient (Wildman–Crippen LogP) is 3.79. The van der Waals surface area contributed by atoms with Crippen molar-refractivity contribution in [1.29, 1.82) is 0 Å². The second-order valence-electron chi connectivity index (χ2n) is 6.95. The topological polar surface area (TPSA) is 123 Å². The smallest absolute Gasteiger partial charge is 0.341 e. The summed E-state index contributed by atoms with van der Waals surface area (Å²) in [4.78, 5) is 40.6. The quantitative estimate of drug-likeness (QED) is 0.408. The van der Waals surface area contributed by atoms with Crippen LogP contribution in [0.25, 0.3) is 0 Å². The highest BCUT2D eigenvalue weighted by molar-refractivity contribution is 7.98. The van der Waals surface area contributed by atoms with Crippen LogP contribution in [0.3, 0.4) is 0 Å². The minimum atomic E-state index is -0.754. The molecule has 0 bridgehead atoms. The minimum absolute atomic E-state index is 0.213. The number of aryl methyl sites for hydroxylation is 3. The zero-order chi connectivity index (χ0) is 23.1. The summed E-state index contributed by atoms with van der Waals surface area (Å²) in [5.74, 6) is -0.334. The Morgan fingerprint density at radius 3 is 2.62 bits per heavy atom. The molecule has 0 spiro atoms. The Morgan fingerprint density at radius 2 is 1.91 bits per heavy atom. The maximum Gasteiger partial charge on any atom is 0.341 e. The summed E-state index contributed by atoms with van der Waals surface area (Å²) in [5, 5.41) is 9.03. The first kappa shape index (κ1) is 23.0. The van der Waals surface area contributed by atoms with Crippen LogP contribution < -0.4 is 10.6 Å². The van der Waals surface area contributed by atoms with Gasteiger partial charge in [-0.2, -0.15) is 0 Å².